The maximum atomic E-state index is 12.5. The van der Waals surface area contributed by atoms with Gasteiger partial charge in [0.15, 0.2) is 0 Å². The molecule has 0 aliphatic heterocycles. The summed E-state index contributed by atoms with van der Waals surface area (Å²) in [6.07, 6.45) is 1.05. The highest BCUT2D eigenvalue weighted by Crippen LogP contribution is 2.29. The fraction of sp³-hybridized carbons (Fsp3) is 0.500. The predicted octanol–water partition coefficient (Wildman–Crippen LogP) is 4.58. The molecule has 0 aromatic heterocycles. The molecule has 0 amide bonds. The zero-order chi connectivity index (χ0) is 15.2. The minimum absolute atomic E-state index is 0.0921. The molecule has 0 aliphatic rings. The molecule has 0 heterocycles. The number of nitrogens with one attached hydrogen (secondary N) is 1. The first-order valence-corrected chi connectivity index (χ1v) is 6.75. The second kappa shape index (κ2) is 6.93. The van der Waals surface area contributed by atoms with Crippen LogP contribution in [0.1, 0.15) is 38.3 Å². The lowest BCUT2D eigenvalue weighted by Gasteiger charge is -2.19. The molecule has 20 heavy (non-hydrogen) atoms. The van der Waals surface area contributed by atoms with Gasteiger partial charge in [0.05, 0.1) is 5.56 Å². The summed E-state index contributed by atoms with van der Waals surface area (Å²) in [7, 11) is 0. The molecule has 0 saturated heterocycles. The van der Waals surface area contributed by atoms with Crippen LogP contribution in [0.5, 0.6) is 0 Å². The highest BCUT2D eigenvalue weighted by molar-refractivity contribution is 5.27. The van der Waals surface area contributed by atoms with Gasteiger partial charge in [0.1, 0.15) is 0 Å². The quantitative estimate of drug-likeness (QED) is 0.616. The van der Waals surface area contributed by atoms with Gasteiger partial charge in [-0.15, -0.1) is 0 Å². The van der Waals surface area contributed by atoms with Crippen LogP contribution in [0.2, 0.25) is 0 Å². The Balaban J connectivity index is 2.42. The average molecular weight is 285 g/mol. The van der Waals surface area contributed by atoms with Crippen molar-refractivity contribution in [1.82, 2.24) is 5.32 Å². The number of hydrogen-bond donors (Lipinski definition) is 1. The van der Waals surface area contributed by atoms with Crippen LogP contribution in [0.15, 0.2) is 36.4 Å². The molecule has 1 nitrogen and oxygen atoms in total. The maximum absolute atomic E-state index is 12.5. The van der Waals surface area contributed by atoms with Gasteiger partial charge in [-0.2, -0.15) is 13.2 Å². The lowest BCUT2D eigenvalue weighted by Crippen LogP contribution is -2.36. The normalized spacial score (nSPS) is 13.1. The number of allylic oxidation sites excluding steroid dienone is 1. The van der Waals surface area contributed by atoms with E-state index in [-0.39, 0.29) is 5.54 Å². The van der Waals surface area contributed by atoms with Gasteiger partial charge in [0, 0.05) is 5.54 Å². The van der Waals surface area contributed by atoms with Crippen molar-refractivity contribution >= 4 is 0 Å². The van der Waals surface area contributed by atoms with E-state index in [2.05, 4.69) is 26.1 Å². The van der Waals surface area contributed by atoms with Gasteiger partial charge in [-0.05, 0) is 51.8 Å². The molecular weight excluding hydrogens is 263 g/mol. The van der Waals surface area contributed by atoms with Crippen molar-refractivity contribution in [3.8, 4) is 0 Å². The van der Waals surface area contributed by atoms with Crippen molar-refractivity contribution in [2.75, 3.05) is 6.54 Å². The highest BCUT2D eigenvalue weighted by Gasteiger charge is 2.30. The lowest BCUT2D eigenvalue weighted by atomic mass is 10.1. The van der Waals surface area contributed by atoms with Crippen LogP contribution in [0, 0.1) is 0 Å². The van der Waals surface area contributed by atoms with Gasteiger partial charge in [0.2, 0.25) is 0 Å². The third-order valence-corrected chi connectivity index (χ3v) is 2.74. The van der Waals surface area contributed by atoms with Gasteiger partial charge in [-0.3, -0.25) is 0 Å². The standard InChI is InChI=1S/C16H22F3N/c1-15(2,3)20-11-6-4-5-8-13-9-7-10-14(12-13)16(17,18)19/h4-5,7,9-10,12,20H,6,8,11H2,1-3H3. The van der Waals surface area contributed by atoms with Crippen molar-refractivity contribution in [1.29, 1.82) is 0 Å². The summed E-state index contributed by atoms with van der Waals surface area (Å²) in [5, 5.41) is 3.35. The molecule has 0 fully saturated rings. The molecule has 4 heteroatoms. The Labute approximate surface area is 118 Å². The van der Waals surface area contributed by atoms with Crippen molar-refractivity contribution in [3.05, 3.63) is 47.5 Å². The monoisotopic (exact) mass is 285 g/mol. The minimum Gasteiger partial charge on any atom is -0.312 e. The molecule has 0 unspecified atom stereocenters. The third-order valence-electron chi connectivity index (χ3n) is 2.74. The first kappa shape index (κ1) is 16.8. The molecule has 0 radical (unpaired) electrons. The summed E-state index contributed by atoms with van der Waals surface area (Å²) < 4.78 is 37.6. The molecule has 0 atom stereocenters. The van der Waals surface area contributed by atoms with E-state index in [0.29, 0.717) is 12.0 Å². The Morgan fingerprint density at radius 1 is 1.10 bits per heavy atom. The molecule has 1 aromatic carbocycles. The summed E-state index contributed by atoms with van der Waals surface area (Å²) in [6, 6.07) is 5.47. The topological polar surface area (TPSA) is 12.0 Å². The van der Waals surface area contributed by atoms with Gasteiger partial charge in [-0.25, -0.2) is 0 Å². The van der Waals surface area contributed by atoms with Crippen molar-refractivity contribution in [3.63, 3.8) is 0 Å². The second-order valence-electron chi connectivity index (χ2n) is 5.84. The van der Waals surface area contributed by atoms with E-state index in [4.69, 9.17) is 0 Å². The molecule has 1 rings (SSSR count). The number of halogens is 3. The Morgan fingerprint density at radius 2 is 1.80 bits per heavy atom. The second-order valence-corrected chi connectivity index (χ2v) is 5.84. The smallest absolute Gasteiger partial charge is 0.312 e. The van der Waals surface area contributed by atoms with Gasteiger partial charge in [-0.1, -0.05) is 30.4 Å². The van der Waals surface area contributed by atoms with Crippen molar-refractivity contribution in [2.45, 2.75) is 45.3 Å². The van der Waals surface area contributed by atoms with Crippen molar-refractivity contribution in [2.24, 2.45) is 0 Å². The molecular formula is C16H22F3N. The van der Waals surface area contributed by atoms with Gasteiger partial charge < -0.3 is 5.32 Å². The van der Waals surface area contributed by atoms with E-state index in [1.54, 1.807) is 6.07 Å². The van der Waals surface area contributed by atoms with E-state index in [1.165, 1.54) is 12.1 Å². The predicted molar refractivity (Wildman–Crippen MR) is 76.7 cm³/mol. The van der Waals surface area contributed by atoms with E-state index in [9.17, 15) is 13.2 Å². The Bertz CT molecular complexity index is 442. The Morgan fingerprint density at radius 3 is 2.40 bits per heavy atom. The molecule has 0 bridgehead atoms. The Hall–Kier alpha value is -1.29. The zero-order valence-electron chi connectivity index (χ0n) is 12.2. The zero-order valence-corrected chi connectivity index (χ0v) is 12.2. The summed E-state index contributed by atoms with van der Waals surface area (Å²) in [5.41, 5.74) is 0.187. The van der Waals surface area contributed by atoms with Crippen LogP contribution in [-0.2, 0) is 12.6 Å². The molecule has 0 saturated carbocycles. The molecule has 0 spiro atoms. The van der Waals surface area contributed by atoms with Gasteiger partial charge >= 0.3 is 6.18 Å². The summed E-state index contributed by atoms with van der Waals surface area (Å²) in [4.78, 5) is 0. The van der Waals surface area contributed by atoms with E-state index >= 15 is 0 Å². The van der Waals surface area contributed by atoms with Crippen LogP contribution in [0.4, 0.5) is 13.2 Å². The molecule has 1 aromatic rings. The van der Waals surface area contributed by atoms with E-state index in [1.807, 2.05) is 12.2 Å². The largest absolute Gasteiger partial charge is 0.416 e. The van der Waals surface area contributed by atoms with Crippen LogP contribution in [0.25, 0.3) is 0 Å². The molecule has 0 aliphatic carbocycles. The lowest BCUT2D eigenvalue weighted by molar-refractivity contribution is -0.137. The van der Waals surface area contributed by atoms with Crippen LogP contribution < -0.4 is 5.32 Å². The van der Waals surface area contributed by atoms with Crippen LogP contribution in [0.3, 0.4) is 0 Å². The summed E-state index contributed by atoms with van der Waals surface area (Å²) >= 11 is 0. The number of hydrogen-bond acceptors (Lipinski definition) is 1. The molecule has 112 valence electrons. The third kappa shape index (κ3) is 6.75. The Kier molecular flexibility index (Phi) is 5.81. The SMILES string of the molecule is CC(C)(C)NCCC=CCc1cccc(C(F)(F)F)c1. The first-order chi connectivity index (χ1) is 9.18. The minimum atomic E-state index is -4.27. The fourth-order valence-corrected chi connectivity index (χ4v) is 1.74. The number of benzene rings is 1. The number of rotatable bonds is 5. The summed E-state index contributed by atoms with van der Waals surface area (Å²) in [5.74, 6) is 0. The van der Waals surface area contributed by atoms with Crippen LogP contribution in [-0.4, -0.2) is 12.1 Å². The summed E-state index contributed by atoms with van der Waals surface area (Å²) in [6.45, 7) is 7.15. The highest BCUT2D eigenvalue weighted by atomic mass is 19.4. The average Bonchev–Trinajstić information content (AvgIpc) is 2.31. The first-order valence-electron chi connectivity index (χ1n) is 6.75. The number of alkyl halides is 3. The maximum Gasteiger partial charge on any atom is 0.416 e. The molecule has 1 N–H and O–H groups in total. The fourth-order valence-electron chi connectivity index (χ4n) is 1.74. The van der Waals surface area contributed by atoms with Crippen molar-refractivity contribution < 1.29 is 13.2 Å². The van der Waals surface area contributed by atoms with Crippen LogP contribution >= 0.6 is 0 Å². The van der Waals surface area contributed by atoms with Gasteiger partial charge in [0.25, 0.3) is 0 Å². The van der Waals surface area contributed by atoms with E-state index < -0.39 is 11.7 Å². The van der Waals surface area contributed by atoms with E-state index in [0.717, 1.165) is 19.0 Å².